The van der Waals surface area contributed by atoms with E-state index in [1.807, 2.05) is 0 Å². The zero-order valence-electron chi connectivity index (χ0n) is 11.9. The van der Waals surface area contributed by atoms with Crippen molar-refractivity contribution in [3.05, 3.63) is 0 Å². The Kier molecular flexibility index (Phi) is 4.86. The Labute approximate surface area is 117 Å². The van der Waals surface area contributed by atoms with E-state index in [-0.39, 0.29) is 12.8 Å². The third-order valence-electron chi connectivity index (χ3n) is 3.93. The summed E-state index contributed by atoms with van der Waals surface area (Å²) in [6.07, 6.45) is 0.608. The number of hydrogen-bond acceptors (Lipinski definition) is 4. The van der Waals surface area contributed by atoms with Gasteiger partial charge in [-0.05, 0) is 26.2 Å². The molecule has 7 heteroatoms. The Hall–Kier alpha value is -1.92. The Morgan fingerprint density at radius 1 is 1.30 bits per heavy atom. The first-order valence-corrected chi connectivity index (χ1v) is 6.71. The third-order valence-corrected chi connectivity index (χ3v) is 3.93. The van der Waals surface area contributed by atoms with Crippen molar-refractivity contribution >= 4 is 23.8 Å². The normalized spacial score (nSPS) is 19.8. The molecule has 0 aliphatic carbocycles. The standard InChI is InChI=1S/C13H20N2O5/c1-4-13(5-2)10(18)14-12(20)15(11(13)19)8(3)6-7-9(16)17/h8H,4-7H2,1-3H3,(H,16,17)(H,14,18,20). The highest BCUT2D eigenvalue weighted by molar-refractivity contribution is 6.19. The minimum atomic E-state index is -1.23. The molecule has 1 rings (SSSR count). The number of urea groups is 1. The number of hydrogen-bond donors (Lipinski definition) is 2. The summed E-state index contributed by atoms with van der Waals surface area (Å²) >= 11 is 0. The van der Waals surface area contributed by atoms with Gasteiger partial charge in [0.25, 0.3) is 0 Å². The maximum absolute atomic E-state index is 12.5. The smallest absolute Gasteiger partial charge is 0.331 e. The Bertz CT molecular complexity index is 442. The molecule has 1 saturated heterocycles. The number of carbonyl (C=O) groups excluding carboxylic acids is 3. The molecule has 20 heavy (non-hydrogen) atoms. The summed E-state index contributed by atoms with van der Waals surface area (Å²) in [7, 11) is 0. The van der Waals surface area contributed by atoms with Crippen LogP contribution in [0.25, 0.3) is 0 Å². The van der Waals surface area contributed by atoms with Crippen molar-refractivity contribution in [1.29, 1.82) is 0 Å². The third kappa shape index (κ3) is 2.66. The number of aliphatic carboxylic acids is 1. The van der Waals surface area contributed by atoms with Crippen molar-refractivity contribution in [1.82, 2.24) is 10.2 Å². The lowest BCUT2D eigenvalue weighted by Gasteiger charge is -2.40. The highest BCUT2D eigenvalue weighted by atomic mass is 16.4. The molecule has 0 aromatic carbocycles. The summed E-state index contributed by atoms with van der Waals surface area (Å²) in [5.74, 6) is -2.09. The molecule has 0 saturated carbocycles. The molecule has 0 aromatic rings. The fourth-order valence-corrected chi connectivity index (χ4v) is 2.43. The number of carboxylic acid groups (broad SMARTS) is 1. The number of amides is 4. The number of barbiturate groups is 1. The fourth-order valence-electron chi connectivity index (χ4n) is 2.43. The average Bonchev–Trinajstić information content (AvgIpc) is 2.37. The van der Waals surface area contributed by atoms with E-state index in [0.29, 0.717) is 12.8 Å². The van der Waals surface area contributed by atoms with E-state index in [4.69, 9.17) is 5.11 Å². The second kappa shape index (κ2) is 6.02. The predicted molar refractivity (Wildman–Crippen MR) is 69.7 cm³/mol. The first-order valence-electron chi connectivity index (χ1n) is 6.71. The van der Waals surface area contributed by atoms with E-state index in [9.17, 15) is 19.2 Å². The minimum absolute atomic E-state index is 0.141. The monoisotopic (exact) mass is 284 g/mol. The van der Waals surface area contributed by atoms with E-state index in [1.54, 1.807) is 20.8 Å². The number of carboxylic acids is 1. The van der Waals surface area contributed by atoms with E-state index < -0.39 is 35.3 Å². The molecule has 112 valence electrons. The van der Waals surface area contributed by atoms with Gasteiger partial charge in [-0.2, -0.15) is 0 Å². The number of imide groups is 2. The molecule has 1 fully saturated rings. The van der Waals surface area contributed by atoms with Crippen LogP contribution in [0.4, 0.5) is 4.79 Å². The van der Waals surface area contributed by atoms with E-state index in [2.05, 4.69) is 5.32 Å². The lowest BCUT2D eigenvalue weighted by Crippen LogP contribution is -2.65. The van der Waals surface area contributed by atoms with Crippen LogP contribution in [0.15, 0.2) is 0 Å². The molecular weight excluding hydrogens is 264 g/mol. The van der Waals surface area contributed by atoms with Gasteiger partial charge in [-0.25, -0.2) is 4.79 Å². The average molecular weight is 284 g/mol. The number of carbonyl (C=O) groups is 4. The van der Waals surface area contributed by atoms with Gasteiger partial charge in [0, 0.05) is 12.5 Å². The zero-order valence-corrected chi connectivity index (χ0v) is 11.9. The van der Waals surface area contributed by atoms with Gasteiger partial charge in [0.05, 0.1) is 0 Å². The highest BCUT2D eigenvalue weighted by Gasteiger charge is 2.52. The quantitative estimate of drug-likeness (QED) is 0.711. The molecule has 0 spiro atoms. The molecule has 0 aromatic heterocycles. The fraction of sp³-hybridized carbons (Fsp3) is 0.692. The Balaban J connectivity index is 3.00. The summed E-state index contributed by atoms with van der Waals surface area (Å²) in [5.41, 5.74) is -1.23. The minimum Gasteiger partial charge on any atom is -0.481 e. The molecule has 1 unspecified atom stereocenters. The first kappa shape index (κ1) is 16.1. The number of nitrogens with one attached hydrogen (secondary N) is 1. The van der Waals surface area contributed by atoms with Crippen molar-refractivity contribution < 1.29 is 24.3 Å². The molecule has 1 heterocycles. The van der Waals surface area contributed by atoms with Crippen LogP contribution >= 0.6 is 0 Å². The van der Waals surface area contributed by atoms with Crippen LogP contribution in [0.1, 0.15) is 46.5 Å². The first-order chi connectivity index (χ1) is 9.30. The van der Waals surface area contributed by atoms with E-state index >= 15 is 0 Å². The van der Waals surface area contributed by atoms with Gasteiger partial charge in [0.1, 0.15) is 5.41 Å². The number of nitrogens with zero attached hydrogens (tertiary/aromatic N) is 1. The van der Waals surface area contributed by atoms with Crippen LogP contribution in [0.3, 0.4) is 0 Å². The second-order valence-electron chi connectivity index (χ2n) is 5.01. The van der Waals surface area contributed by atoms with Gasteiger partial charge in [-0.1, -0.05) is 13.8 Å². The molecule has 0 bridgehead atoms. The molecule has 0 radical (unpaired) electrons. The van der Waals surface area contributed by atoms with Crippen molar-refractivity contribution in [2.45, 2.75) is 52.5 Å². The second-order valence-corrected chi connectivity index (χ2v) is 5.01. The highest BCUT2D eigenvalue weighted by Crippen LogP contribution is 2.33. The zero-order chi connectivity index (χ0) is 15.5. The van der Waals surface area contributed by atoms with Crippen LogP contribution in [-0.4, -0.2) is 39.9 Å². The van der Waals surface area contributed by atoms with E-state index in [0.717, 1.165) is 4.90 Å². The molecular formula is C13H20N2O5. The van der Waals surface area contributed by atoms with Gasteiger partial charge in [-0.15, -0.1) is 0 Å². The Morgan fingerprint density at radius 3 is 2.30 bits per heavy atom. The summed E-state index contributed by atoms with van der Waals surface area (Å²) in [4.78, 5) is 47.9. The van der Waals surface area contributed by atoms with Gasteiger partial charge in [0.15, 0.2) is 0 Å². The maximum atomic E-state index is 12.5. The molecule has 1 aliphatic heterocycles. The van der Waals surface area contributed by atoms with Crippen LogP contribution < -0.4 is 5.32 Å². The summed E-state index contributed by atoms with van der Waals surface area (Å²) in [6.45, 7) is 5.04. The summed E-state index contributed by atoms with van der Waals surface area (Å²) < 4.78 is 0. The van der Waals surface area contributed by atoms with Crippen molar-refractivity contribution in [2.75, 3.05) is 0 Å². The number of rotatable bonds is 6. The van der Waals surface area contributed by atoms with Crippen LogP contribution in [0.5, 0.6) is 0 Å². The molecule has 2 N–H and O–H groups in total. The Morgan fingerprint density at radius 2 is 1.85 bits per heavy atom. The maximum Gasteiger partial charge on any atom is 0.331 e. The molecule has 7 nitrogen and oxygen atoms in total. The van der Waals surface area contributed by atoms with Crippen LogP contribution in [0.2, 0.25) is 0 Å². The lowest BCUT2D eigenvalue weighted by molar-refractivity contribution is -0.154. The topological polar surface area (TPSA) is 104 Å². The van der Waals surface area contributed by atoms with Crippen LogP contribution in [0, 0.1) is 5.41 Å². The molecule has 1 atom stereocenters. The van der Waals surface area contributed by atoms with Crippen molar-refractivity contribution in [2.24, 2.45) is 5.41 Å². The summed E-state index contributed by atoms with van der Waals surface area (Å²) in [5, 5.41) is 10.9. The summed E-state index contributed by atoms with van der Waals surface area (Å²) in [6, 6.07) is -1.33. The van der Waals surface area contributed by atoms with E-state index in [1.165, 1.54) is 0 Å². The lowest BCUT2D eigenvalue weighted by atomic mass is 9.78. The SMILES string of the molecule is CCC1(CC)C(=O)NC(=O)N(C(C)CCC(=O)O)C1=O. The van der Waals surface area contributed by atoms with Gasteiger partial charge >= 0.3 is 12.0 Å². The van der Waals surface area contributed by atoms with Gasteiger partial charge < -0.3 is 5.11 Å². The molecule has 1 aliphatic rings. The van der Waals surface area contributed by atoms with Gasteiger partial charge in [0.2, 0.25) is 11.8 Å². The van der Waals surface area contributed by atoms with Crippen molar-refractivity contribution in [3.8, 4) is 0 Å². The van der Waals surface area contributed by atoms with Crippen LogP contribution in [-0.2, 0) is 14.4 Å². The molecule has 4 amide bonds. The van der Waals surface area contributed by atoms with Gasteiger partial charge in [-0.3, -0.25) is 24.6 Å². The predicted octanol–water partition coefficient (Wildman–Crippen LogP) is 1.12. The van der Waals surface area contributed by atoms with Crippen molar-refractivity contribution in [3.63, 3.8) is 0 Å². The largest absolute Gasteiger partial charge is 0.481 e.